The molecule has 0 bridgehead atoms. The van der Waals surface area contributed by atoms with Gasteiger partial charge in [-0.1, -0.05) is 0 Å². The van der Waals surface area contributed by atoms with Gasteiger partial charge in [-0.15, -0.1) is 0 Å². The Bertz CT molecular complexity index is 516. The van der Waals surface area contributed by atoms with Gasteiger partial charge in [0, 0.05) is 11.6 Å². The number of nitrogens with two attached hydrogens (primary N) is 1. The first kappa shape index (κ1) is 14.2. The molecule has 4 N–H and O–H groups in total. The minimum absolute atomic E-state index is 0.0273. The molecule has 0 aromatic heterocycles. The van der Waals surface area contributed by atoms with Gasteiger partial charge in [-0.05, 0) is 12.1 Å². The van der Waals surface area contributed by atoms with Gasteiger partial charge in [-0.25, -0.2) is 4.79 Å². The summed E-state index contributed by atoms with van der Waals surface area (Å²) in [6, 6.07) is 3.19. The van der Waals surface area contributed by atoms with Crippen LogP contribution in [0, 0.1) is 10.1 Å². The fraction of sp³-hybridized carbons (Fsp3) is 0.200. The average molecular weight is 269 g/mol. The van der Waals surface area contributed by atoms with Crippen molar-refractivity contribution in [2.24, 2.45) is 5.73 Å². The number of primary amides is 1. The molecule has 2 amide bonds. The summed E-state index contributed by atoms with van der Waals surface area (Å²) in [5.41, 5.74) is 4.27. The van der Waals surface area contributed by atoms with E-state index in [4.69, 9.17) is 5.73 Å². The van der Waals surface area contributed by atoms with Crippen LogP contribution in [0.4, 0.5) is 10.5 Å². The van der Waals surface area contributed by atoms with E-state index in [0.29, 0.717) is 0 Å². The SMILES string of the molecule is NC(=O)OCCNC(=O)c1ccc([N+](=O)[O-])c(O)c1. The third kappa shape index (κ3) is 4.15. The lowest BCUT2D eigenvalue weighted by atomic mass is 10.2. The highest BCUT2D eigenvalue weighted by Crippen LogP contribution is 2.25. The highest BCUT2D eigenvalue weighted by Gasteiger charge is 2.15. The number of aromatic hydroxyl groups is 1. The number of benzene rings is 1. The Labute approximate surface area is 107 Å². The largest absolute Gasteiger partial charge is 0.502 e. The van der Waals surface area contributed by atoms with Gasteiger partial charge in [0.1, 0.15) is 6.61 Å². The number of amides is 2. The molecule has 1 aromatic rings. The maximum absolute atomic E-state index is 11.6. The summed E-state index contributed by atoms with van der Waals surface area (Å²) in [6.45, 7) is -0.0699. The molecule has 0 unspecified atom stereocenters. The number of carbonyl (C=O) groups is 2. The molecular formula is C10H11N3O6. The van der Waals surface area contributed by atoms with E-state index in [1.807, 2.05) is 0 Å². The second-order valence-electron chi connectivity index (χ2n) is 3.38. The number of nitro benzene ring substituents is 1. The minimum atomic E-state index is -0.956. The Balaban J connectivity index is 2.60. The summed E-state index contributed by atoms with van der Waals surface area (Å²) >= 11 is 0. The van der Waals surface area contributed by atoms with Crippen LogP contribution in [-0.2, 0) is 4.74 Å². The van der Waals surface area contributed by atoms with Gasteiger partial charge in [-0.2, -0.15) is 0 Å². The smallest absolute Gasteiger partial charge is 0.404 e. The van der Waals surface area contributed by atoms with Crippen LogP contribution in [0.5, 0.6) is 5.75 Å². The average Bonchev–Trinajstić information content (AvgIpc) is 2.33. The quantitative estimate of drug-likeness (QED) is 0.393. The first-order chi connectivity index (χ1) is 8.91. The Morgan fingerprint density at radius 2 is 2.16 bits per heavy atom. The number of phenolic OH excluding ortho intramolecular Hbond substituents is 1. The molecule has 0 aliphatic rings. The summed E-state index contributed by atoms with van der Waals surface area (Å²) in [5, 5.41) is 22.2. The molecule has 9 heteroatoms. The summed E-state index contributed by atoms with van der Waals surface area (Å²) < 4.78 is 4.39. The van der Waals surface area contributed by atoms with Crippen molar-refractivity contribution in [1.29, 1.82) is 0 Å². The maximum atomic E-state index is 11.6. The van der Waals surface area contributed by atoms with Crippen molar-refractivity contribution in [1.82, 2.24) is 5.32 Å². The third-order valence-corrected chi connectivity index (χ3v) is 2.07. The second-order valence-corrected chi connectivity index (χ2v) is 3.38. The zero-order valence-electron chi connectivity index (χ0n) is 9.66. The molecular weight excluding hydrogens is 258 g/mol. The zero-order valence-corrected chi connectivity index (χ0v) is 9.66. The molecule has 9 nitrogen and oxygen atoms in total. The Morgan fingerprint density at radius 1 is 1.47 bits per heavy atom. The zero-order chi connectivity index (χ0) is 14.4. The van der Waals surface area contributed by atoms with Crippen molar-refractivity contribution in [2.75, 3.05) is 13.2 Å². The monoisotopic (exact) mass is 269 g/mol. The van der Waals surface area contributed by atoms with Crippen LogP contribution < -0.4 is 11.1 Å². The molecule has 102 valence electrons. The Morgan fingerprint density at radius 3 is 2.68 bits per heavy atom. The van der Waals surface area contributed by atoms with Gasteiger partial charge in [0.05, 0.1) is 11.5 Å². The number of hydrogen-bond acceptors (Lipinski definition) is 6. The predicted molar refractivity (Wildman–Crippen MR) is 62.6 cm³/mol. The number of ether oxygens (including phenoxy) is 1. The van der Waals surface area contributed by atoms with Crippen LogP contribution in [0.25, 0.3) is 0 Å². The van der Waals surface area contributed by atoms with Crippen LogP contribution in [0.1, 0.15) is 10.4 Å². The first-order valence-corrected chi connectivity index (χ1v) is 5.09. The molecule has 0 spiro atoms. The van der Waals surface area contributed by atoms with Crippen molar-refractivity contribution in [2.45, 2.75) is 0 Å². The van der Waals surface area contributed by atoms with Crippen molar-refractivity contribution in [3.63, 3.8) is 0 Å². The van der Waals surface area contributed by atoms with Crippen molar-refractivity contribution >= 4 is 17.7 Å². The second kappa shape index (κ2) is 6.19. The van der Waals surface area contributed by atoms with Crippen molar-refractivity contribution in [3.8, 4) is 5.75 Å². The molecule has 0 fully saturated rings. The first-order valence-electron chi connectivity index (χ1n) is 5.09. The number of nitrogens with one attached hydrogen (secondary N) is 1. The minimum Gasteiger partial charge on any atom is -0.502 e. The standard InChI is InChI=1S/C10H11N3O6/c11-10(16)19-4-3-12-9(15)6-1-2-7(13(17)18)8(14)5-6/h1-2,5,14H,3-4H2,(H2,11,16)(H,12,15). The van der Waals surface area contributed by atoms with E-state index in [0.717, 1.165) is 12.1 Å². The lowest BCUT2D eigenvalue weighted by Gasteiger charge is -2.05. The Kier molecular flexibility index (Phi) is 4.63. The molecule has 19 heavy (non-hydrogen) atoms. The van der Waals surface area contributed by atoms with E-state index in [9.17, 15) is 24.8 Å². The predicted octanol–water partition coefficient (Wildman–Crippen LogP) is 0.126. The molecule has 0 saturated carbocycles. The maximum Gasteiger partial charge on any atom is 0.404 e. The fourth-order valence-electron chi connectivity index (χ4n) is 1.24. The number of nitro groups is 1. The lowest BCUT2D eigenvalue weighted by Crippen LogP contribution is -2.28. The lowest BCUT2D eigenvalue weighted by molar-refractivity contribution is -0.385. The molecule has 0 atom stereocenters. The molecule has 0 radical (unpaired) electrons. The summed E-state index contributed by atoms with van der Waals surface area (Å²) in [4.78, 5) is 31.5. The molecule has 0 saturated heterocycles. The number of nitrogens with zero attached hydrogens (tertiary/aromatic N) is 1. The van der Waals surface area contributed by atoms with Gasteiger partial charge in [0.25, 0.3) is 5.91 Å². The number of phenols is 1. The fourth-order valence-corrected chi connectivity index (χ4v) is 1.24. The van der Waals surface area contributed by atoms with Gasteiger partial charge >= 0.3 is 11.8 Å². The number of carbonyl (C=O) groups excluding carboxylic acids is 2. The van der Waals surface area contributed by atoms with E-state index in [-0.39, 0.29) is 18.7 Å². The molecule has 0 aliphatic heterocycles. The normalized spacial score (nSPS) is 9.68. The summed E-state index contributed by atoms with van der Waals surface area (Å²) in [7, 11) is 0. The van der Waals surface area contributed by atoms with Gasteiger partial charge in [0.15, 0.2) is 5.75 Å². The van der Waals surface area contributed by atoms with Crippen LogP contribution >= 0.6 is 0 Å². The molecule has 0 heterocycles. The molecule has 0 aliphatic carbocycles. The van der Waals surface area contributed by atoms with E-state index in [1.54, 1.807) is 0 Å². The number of hydrogen-bond donors (Lipinski definition) is 3. The number of rotatable bonds is 5. The van der Waals surface area contributed by atoms with E-state index in [2.05, 4.69) is 10.1 Å². The third-order valence-electron chi connectivity index (χ3n) is 2.07. The van der Waals surface area contributed by atoms with Crippen LogP contribution in [0.2, 0.25) is 0 Å². The van der Waals surface area contributed by atoms with Crippen molar-refractivity contribution in [3.05, 3.63) is 33.9 Å². The Hall–Kier alpha value is -2.84. The van der Waals surface area contributed by atoms with E-state index >= 15 is 0 Å². The summed E-state index contributed by atoms with van der Waals surface area (Å²) in [5.74, 6) is -1.18. The highest BCUT2D eigenvalue weighted by atomic mass is 16.6. The van der Waals surface area contributed by atoms with Crippen LogP contribution in [0.15, 0.2) is 18.2 Å². The molecule has 1 rings (SSSR count). The molecule has 1 aromatic carbocycles. The van der Waals surface area contributed by atoms with E-state index in [1.165, 1.54) is 6.07 Å². The highest BCUT2D eigenvalue weighted by molar-refractivity contribution is 5.95. The van der Waals surface area contributed by atoms with Crippen molar-refractivity contribution < 1.29 is 24.4 Å². The van der Waals surface area contributed by atoms with Gasteiger partial charge in [0.2, 0.25) is 0 Å². The van der Waals surface area contributed by atoms with Crippen LogP contribution in [-0.4, -0.2) is 35.2 Å². The summed E-state index contributed by atoms with van der Waals surface area (Å²) in [6.07, 6.45) is -0.956. The van der Waals surface area contributed by atoms with Gasteiger partial charge in [-0.3, -0.25) is 14.9 Å². The topological polar surface area (TPSA) is 145 Å². The van der Waals surface area contributed by atoms with E-state index < -0.39 is 28.4 Å². The van der Waals surface area contributed by atoms with Crippen LogP contribution in [0.3, 0.4) is 0 Å². The van der Waals surface area contributed by atoms with Gasteiger partial charge < -0.3 is 20.9 Å².